The second-order valence-electron chi connectivity index (χ2n) is 3.82. The summed E-state index contributed by atoms with van der Waals surface area (Å²) in [4.78, 5) is 18.7. The van der Waals surface area contributed by atoms with E-state index in [1.807, 2.05) is 6.07 Å². The lowest BCUT2D eigenvalue weighted by atomic mass is 10.2. The van der Waals surface area contributed by atoms with Crippen molar-refractivity contribution in [2.75, 3.05) is 17.2 Å². The Bertz CT molecular complexity index is 649. The van der Waals surface area contributed by atoms with Crippen molar-refractivity contribution in [3.05, 3.63) is 42.2 Å². The Hall–Kier alpha value is -3.14. The molecule has 1 aromatic carbocycles. The molecule has 0 aliphatic heterocycles. The Morgan fingerprint density at radius 1 is 1.20 bits per heavy atom. The minimum absolute atomic E-state index is 0.249. The van der Waals surface area contributed by atoms with E-state index in [1.165, 1.54) is 12.4 Å². The molecule has 0 aliphatic rings. The van der Waals surface area contributed by atoms with Crippen LogP contribution in [0.1, 0.15) is 5.56 Å². The summed E-state index contributed by atoms with van der Waals surface area (Å²) < 4.78 is 0. The normalized spacial score (nSPS) is 9.55. The number of nitrogens with one attached hydrogen (secondary N) is 2. The summed E-state index contributed by atoms with van der Waals surface area (Å²) in [5.41, 5.74) is 1.28. The van der Waals surface area contributed by atoms with Crippen LogP contribution in [0.4, 0.5) is 17.3 Å². The molecule has 0 spiro atoms. The first-order valence-corrected chi connectivity index (χ1v) is 5.73. The van der Waals surface area contributed by atoms with Gasteiger partial charge in [0.1, 0.15) is 6.54 Å². The molecule has 0 atom stereocenters. The van der Waals surface area contributed by atoms with E-state index >= 15 is 0 Å². The standard InChI is InChI=1S/C13H11N5O2/c14-7-9-1-3-10(4-2-9)18-13-12(15-5-6-16-13)17-8-11(19)20/h1-6H,8H2,(H,15,17)(H,16,18)(H,19,20). The van der Waals surface area contributed by atoms with Crippen LogP contribution in [0.2, 0.25) is 0 Å². The lowest BCUT2D eigenvalue weighted by molar-refractivity contribution is -0.134. The van der Waals surface area contributed by atoms with E-state index in [4.69, 9.17) is 10.4 Å². The minimum atomic E-state index is -0.986. The molecule has 1 heterocycles. The van der Waals surface area contributed by atoms with Crippen LogP contribution < -0.4 is 10.6 Å². The predicted molar refractivity (Wildman–Crippen MR) is 72.6 cm³/mol. The van der Waals surface area contributed by atoms with Crippen molar-refractivity contribution in [3.63, 3.8) is 0 Å². The lowest BCUT2D eigenvalue weighted by Crippen LogP contribution is -2.14. The highest BCUT2D eigenvalue weighted by Crippen LogP contribution is 2.20. The molecule has 0 amide bonds. The van der Waals surface area contributed by atoms with E-state index in [1.54, 1.807) is 24.3 Å². The second kappa shape index (κ2) is 6.15. The summed E-state index contributed by atoms with van der Waals surface area (Å²) in [5.74, 6) is -0.224. The number of carboxylic acids is 1. The maximum absolute atomic E-state index is 10.6. The number of rotatable bonds is 5. The SMILES string of the molecule is N#Cc1ccc(Nc2nccnc2NCC(=O)O)cc1. The van der Waals surface area contributed by atoms with Crippen molar-refractivity contribution < 1.29 is 9.90 Å². The number of hydrogen-bond acceptors (Lipinski definition) is 6. The van der Waals surface area contributed by atoms with Gasteiger partial charge in [0.15, 0.2) is 11.6 Å². The number of anilines is 3. The van der Waals surface area contributed by atoms with Crippen molar-refractivity contribution in [1.82, 2.24) is 9.97 Å². The number of aromatic nitrogens is 2. The quantitative estimate of drug-likeness (QED) is 0.755. The van der Waals surface area contributed by atoms with Crippen molar-refractivity contribution in [1.29, 1.82) is 5.26 Å². The van der Waals surface area contributed by atoms with E-state index in [2.05, 4.69) is 20.6 Å². The summed E-state index contributed by atoms with van der Waals surface area (Å²) in [7, 11) is 0. The van der Waals surface area contributed by atoms with Gasteiger partial charge in [-0.2, -0.15) is 5.26 Å². The highest BCUT2D eigenvalue weighted by Gasteiger charge is 2.06. The molecule has 0 saturated carbocycles. The summed E-state index contributed by atoms with van der Waals surface area (Å²) in [6.07, 6.45) is 2.96. The highest BCUT2D eigenvalue weighted by molar-refractivity contribution is 5.75. The zero-order valence-electron chi connectivity index (χ0n) is 10.4. The van der Waals surface area contributed by atoms with Crippen LogP contribution in [0, 0.1) is 11.3 Å². The van der Waals surface area contributed by atoms with Crippen LogP contribution >= 0.6 is 0 Å². The molecule has 0 fully saturated rings. The van der Waals surface area contributed by atoms with Gasteiger partial charge in [-0.15, -0.1) is 0 Å². The van der Waals surface area contributed by atoms with Gasteiger partial charge in [0.2, 0.25) is 0 Å². The number of hydrogen-bond donors (Lipinski definition) is 3. The molecule has 3 N–H and O–H groups in total. The van der Waals surface area contributed by atoms with Crippen molar-refractivity contribution >= 4 is 23.3 Å². The average molecular weight is 269 g/mol. The van der Waals surface area contributed by atoms with Crippen LogP contribution in [0.5, 0.6) is 0 Å². The first-order chi connectivity index (χ1) is 9.69. The molecule has 7 nitrogen and oxygen atoms in total. The van der Waals surface area contributed by atoms with Crippen LogP contribution in [0.15, 0.2) is 36.7 Å². The first-order valence-electron chi connectivity index (χ1n) is 5.73. The Balaban J connectivity index is 2.15. The van der Waals surface area contributed by atoms with Crippen LogP contribution in [-0.2, 0) is 4.79 Å². The summed E-state index contributed by atoms with van der Waals surface area (Å²) in [6, 6.07) is 8.83. The maximum atomic E-state index is 10.6. The maximum Gasteiger partial charge on any atom is 0.322 e. The van der Waals surface area contributed by atoms with Gasteiger partial charge in [-0.25, -0.2) is 9.97 Å². The summed E-state index contributed by atoms with van der Waals surface area (Å²) >= 11 is 0. The second-order valence-corrected chi connectivity index (χ2v) is 3.82. The smallest absolute Gasteiger partial charge is 0.322 e. The molecule has 100 valence electrons. The van der Waals surface area contributed by atoms with Gasteiger partial charge >= 0.3 is 5.97 Å². The molecule has 0 radical (unpaired) electrons. The number of aliphatic carboxylic acids is 1. The molecule has 0 saturated heterocycles. The van der Waals surface area contributed by atoms with Gasteiger partial charge in [-0.3, -0.25) is 4.79 Å². The van der Waals surface area contributed by atoms with Gasteiger partial charge in [0.25, 0.3) is 0 Å². The molecule has 0 unspecified atom stereocenters. The number of nitriles is 1. The van der Waals surface area contributed by atoms with Gasteiger partial charge in [-0.05, 0) is 24.3 Å². The number of benzene rings is 1. The topological polar surface area (TPSA) is 111 Å². The zero-order valence-corrected chi connectivity index (χ0v) is 10.4. The van der Waals surface area contributed by atoms with Crippen LogP contribution in [-0.4, -0.2) is 27.6 Å². The molecule has 7 heteroatoms. The molecular weight excluding hydrogens is 258 g/mol. The largest absolute Gasteiger partial charge is 0.480 e. The Labute approximate surface area is 114 Å². The van der Waals surface area contributed by atoms with E-state index in [0.717, 1.165) is 5.69 Å². The lowest BCUT2D eigenvalue weighted by Gasteiger charge is -2.10. The van der Waals surface area contributed by atoms with Crippen molar-refractivity contribution in [2.45, 2.75) is 0 Å². The summed E-state index contributed by atoms with van der Waals surface area (Å²) in [6.45, 7) is -0.249. The van der Waals surface area contributed by atoms with Gasteiger partial charge in [0.05, 0.1) is 11.6 Å². The third-order valence-electron chi connectivity index (χ3n) is 2.38. The molecule has 0 bridgehead atoms. The molecule has 20 heavy (non-hydrogen) atoms. The Morgan fingerprint density at radius 2 is 1.85 bits per heavy atom. The van der Waals surface area contributed by atoms with E-state index in [0.29, 0.717) is 17.2 Å². The van der Waals surface area contributed by atoms with Crippen LogP contribution in [0.25, 0.3) is 0 Å². The third kappa shape index (κ3) is 3.43. The Morgan fingerprint density at radius 3 is 2.45 bits per heavy atom. The molecule has 2 aromatic rings. The number of carboxylic acid groups (broad SMARTS) is 1. The Kier molecular flexibility index (Phi) is 4.09. The fraction of sp³-hybridized carbons (Fsp3) is 0.0769. The van der Waals surface area contributed by atoms with Crippen LogP contribution in [0.3, 0.4) is 0 Å². The van der Waals surface area contributed by atoms with Gasteiger partial charge in [0, 0.05) is 18.1 Å². The monoisotopic (exact) mass is 269 g/mol. The van der Waals surface area contributed by atoms with E-state index in [-0.39, 0.29) is 6.54 Å². The van der Waals surface area contributed by atoms with E-state index in [9.17, 15) is 4.79 Å². The predicted octanol–water partition coefficient (Wildman–Crippen LogP) is 1.59. The zero-order chi connectivity index (χ0) is 14.4. The minimum Gasteiger partial charge on any atom is -0.480 e. The highest BCUT2D eigenvalue weighted by atomic mass is 16.4. The van der Waals surface area contributed by atoms with Crippen molar-refractivity contribution in [2.24, 2.45) is 0 Å². The number of carbonyl (C=O) groups is 1. The average Bonchev–Trinajstić information content (AvgIpc) is 2.47. The molecular formula is C13H11N5O2. The molecule has 2 rings (SSSR count). The van der Waals surface area contributed by atoms with Crippen molar-refractivity contribution in [3.8, 4) is 6.07 Å². The number of nitrogens with zero attached hydrogens (tertiary/aromatic N) is 3. The third-order valence-corrected chi connectivity index (χ3v) is 2.38. The first kappa shape index (κ1) is 13.3. The fourth-order valence-corrected chi connectivity index (χ4v) is 1.48. The summed E-state index contributed by atoms with van der Waals surface area (Å²) in [5, 5.41) is 23.1. The van der Waals surface area contributed by atoms with Gasteiger partial charge in [-0.1, -0.05) is 0 Å². The molecule has 0 aliphatic carbocycles. The van der Waals surface area contributed by atoms with Gasteiger partial charge < -0.3 is 15.7 Å². The van der Waals surface area contributed by atoms with E-state index < -0.39 is 5.97 Å². The fourth-order valence-electron chi connectivity index (χ4n) is 1.48. The molecule has 1 aromatic heterocycles.